The molecule has 0 spiro atoms. The summed E-state index contributed by atoms with van der Waals surface area (Å²) >= 11 is 0.704. The molecule has 14 heteroatoms. The number of nitrogens with zero attached hydrogens (tertiary/aromatic N) is 1. The highest BCUT2D eigenvalue weighted by molar-refractivity contribution is 7.96. The van der Waals surface area contributed by atoms with Crippen LogP contribution in [-0.4, -0.2) is 69.2 Å². The first-order valence-corrected chi connectivity index (χ1v) is 18.1. The Hall–Kier alpha value is -1.87. The van der Waals surface area contributed by atoms with Crippen molar-refractivity contribution in [3.8, 4) is 0 Å². The van der Waals surface area contributed by atoms with E-state index in [0.29, 0.717) is 42.7 Å². The Morgan fingerprint density at radius 2 is 1.76 bits per heavy atom. The SMILES string of the molecule is CCCC(C)(OC(=O)C(C)C(C)(CC)OC(=O)C(C)O)C(C)/C=N/S(=O)(=O)c1cc2c(s1)S(=O)(=O)[C@@H](C)C[C@@H]2NCC. The number of hydrogen-bond donors (Lipinski definition) is 2. The molecule has 0 aliphatic carbocycles. The van der Waals surface area contributed by atoms with Crippen LogP contribution in [-0.2, 0) is 38.9 Å². The van der Waals surface area contributed by atoms with Gasteiger partial charge in [-0.3, -0.25) is 4.79 Å². The molecule has 1 aromatic heterocycles. The highest BCUT2D eigenvalue weighted by atomic mass is 32.3. The van der Waals surface area contributed by atoms with Crippen LogP contribution in [0.15, 0.2) is 18.9 Å². The van der Waals surface area contributed by atoms with E-state index in [1.165, 1.54) is 19.2 Å². The lowest BCUT2D eigenvalue weighted by atomic mass is 9.85. The van der Waals surface area contributed by atoms with Crippen molar-refractivity contribution in [1.82, 2.24) is 5.32 Å². The summed E-state index contributed by atoms with van der Waals surface area (Å²) < 4.78 is 67.6. The lowest BCUT2D eigenvalue weighted by Gasteiger charge is -2.38. The zero-order valence-electron chi connectivity index (χ0n) is 26.0. The van der Waals surface area contributed by atoms with Crippen molar-refractivity contribution >= 4 is 49.4 Å². The fraction of sp³-hybridized carbons (Fsp3) is 0.750. The van der Waals surface area contributed by atoms with Gasteiger partial charge in [0.2, 0.25) is 0 Å². The second kappa shape index (κ2) is 13.8. The van der Waals surface area contributed by atoms with Gasteiger partial charge in [-0.25, -0.2) is 13.2 Å². The number of esters is 2. The summed E-state index contributed by atoms with van der Waals surface area (Å²) in [5, 5.41) is 12.2. The van der Waals surface area contributed by atoms with Gasteiger partial charge in [-0.1, -0.05) is 34.1 Å². The van der Waals surface area contributed by atoms with Crippen molar-refractivity contribution in [2.75, 3.05) is 6.54 Å². The summed E-state index contributed by atoms with van der Waals surface area (Å²) in [5.41, 5.74) is -1.94. The van der Waals surface area contributed by atoms with E-state index >= 15 is 0 Å². The molecule has 0 aromatic carbocycles. The summed E-state index contributed by atoms with van der Waals surface area (Å²) in [5.74, 6) is -3.03. The van der Waals surface area contributed by atoms with Crippen LogP contribution in [0.5, 0.6) is 0 Å². The summed E-state index contributed by atoms with van der Waals surface area (Å²) in [4.78, 5) is 25.4. The molecule has 1 aliphatic heterocycles. The van der Waals surface area contributed by atoms with Crippen LogP contribution in [0, 0.1) is 11.8 Å². The van der Waals surface area contributed by atoms with E-state index in [4.69, 9.17) is 9.47 Å². The molecule has 0 saturated heterocycles. The van der Waals surface area contributed by atoms with Crippen molar-refractivity contribution in [2.45, 2.75) is 125 Å². The first kappa shape index (κ1) is 36.3. The first-order chi connectivity index (χ1) is 19.3. The quantitative estimate of drug-likeness (QED) is 0.220. The molecule has 42 heavy (non-hydrogen) atoms. The van der Waals surface area contributed by atoms with Crippen LogP contribution in [0.2, 0.25) is 0 Å². The number of nitrogens with one attached hydrogen (secondary N) is 1. The van der Waals surface area contributed by atoms with Crippen LogP contribution >= 0.6 is 11.3 Å². The molecule has 0 radical (unpaired) electrons. The maximum Gasteiger partial charge on any atom is 0.335 e. The Bertz CT molecular complexity index is 1370. The third-order valence-electron chi connectivity index (χ3n) is 8.25. The van der Waals surface area contributed by atoms with E-state index in [0.717, 1.165) is 0 Å². The van der Waals surface area contributed by atoms with E-state index in [1.807, 2.05) is 13.8 Å². The van der Waals surface area contributed by atoms with Gasteiger partial charge in [0.05, 0.1) is 11.2 Å². The maximum atomic E-state index is 13.3. The fourth-order valence-corrected chi connectivity index (χ4v) is 9.70. The summed E-state index contributed by atoms with van der Waals surface area (Å²) in [7, 11) is -7.91. The predicted octanol–water partition coefficient (Wildman–Crippen LogP) is 4.19. The number of fused-ring (bicyclic) bond motifs is 1. The van der Waals surface area contributed by atoms with E-state index in [2.05, 4.69) is 9.71 Å². The summed E-state index contributed by atoms with van der Waals surface area (Å²) in [6.07, 6.45) is 1.50. The van der Waals surface area contributed by atoms with Crippen molar-refractivity contribution < 1.29 is 41.0 Å². The molecular weight excluding hydrogens is 605 g/mol. The monoisotopic (exact) mass is 650 g/mol. The normalized spacial score (nSPS) is 23.7. The molecule has 0 bridgehead atoms. The van der Waals surface area contributed by atoms with E-state index < -0.39 is 66.2 Å². The number of carbonyl (C=O) groups excluding carboxylic acids is 2. The molecule has 2 heterocycles. The molecule has 0 amide bonds. The Labute approximate surface area is 254 Å². The molecule has 5 unspecified atom stereocenters. The van der Waals surface area contributed by atoms with Gasteiger partial charge < -0.3 is 19.9 Å². The molecule has 0 saturated carbocycles. The number of hydrogen-bond acceptors (Lipinski definition) is 11. The molecule has 1 aromatic rings. The number of sulfone groups is 1. The number of sulfonamides is 1. The van der Waals surface area contributed by atoms with E-state index in [1.54, 1.807) is 41.5 Å². The van der Waals surface area contributed by atoms with Crippen LogP contribution in [0.3, 0.4) is 0 Å². The minimum Gasteiger partial charge on any atom is -0.458 e. The van der Waals surface area contributed by atoms with Gasteiger partial charge in [-0.05, 0) is 66.5 Å². The Morgan fingerprint density at radius 3 is 2.29 bits per heavy atom. The summed E-state index contributed by atoms with van der Waals surface area (Å²) in [6, 6.07) is 1.11. The minimum absolute atomic E-state index is 0.0445. The number of rotatable bonds is 14. The van der Waals surface area contributed by atoms with Gasteiger partial charge >= 0.3 is 11.9 Å². The number of aliphatic hydroxyl groups excluding tert-OH is 1. The predicted molar refractivity (Wildman–Crippen MR) is 162 cm³/mol. The Morgan fingerprint density at radius 1 is 1.17 bits per heavy atom. The minimum atomic E-state index is -4.25. The molecule has 11 nitrogen and oxygen atoms in total. The van der Waals surface area contributed by atoms with E-state index in [9.17, 15) is 31.5 Å². The van der Waals surface area contributed by atoms with Crippen LogP contribution in [0.25, 0.3) is 0 Å². The van der Waals surface area contributed by atoms with Crippen molar-refractivity contribution in [2.24, 2.45) is 16.2 Å². The first-order valence-electron chi connectivity index (χ1n) is 14.3. The second-order valence-corrected chi connectivity index (χ2v) is 17.0. The summed E-state index contributed by atoms with van der Waals surface area (Å²) in [6.45, 7) is 15.6. The molecular formula is C28H46N2O9S3. The standard InChI is InChI=1S/C28H46N2O9S3/c1-10-13-28(9,38-24(32)19(6)27(8,11-2)39-25(33)20(7)31)17(4)16-30-42(36,37)23-15-21-22(29-12-3)14-18(5)41(34,35)26(21)40-23/h15-20,22,29,31H,10-14H2,1-9H3/b30-16+/t17?,18-,19?,20?,22-,27?,28?/m0/s1. The van der Waals surface area contributed by atoms with Gasteiger partial charge in [0.25, 0.3) is 10.0 Å². The third-order valence-corrected chi connectivity index (χ3v) is 13.9. The smallest absolute Gasteiger partial charge is 0.335 e. The molecule has 1 aliphatic rings. The fourth-order valence-electron chi connectivity index (χ4n) is 4.76. The lowest BCUT2D eigenvalue weighted by Crippen LogP contribution is -2.48. The number of carbonyl (C=O) groups is 2. The van der Waals surface area contributed by atoms with Crippen LogP contribution in [0.4, 0.5) is 0 Å². The van der Waals surface area contributed by atoms with Crippen molar-refractivity contribution in [1.29, 1.82) is 0 Å². The zero-order chi connectivity index (χ0) is 32.3. The van der Waals surface area contributed by atoms with Crippen LogP contribution < -0.4 is 5.32 Å². The third kappa shape index (κ3) is 7.79. The molecule has 240 valence electrons. The number of aliphatic hydroxyl groups is 1. The van der Waals surface area contributed by atoms with Gasteiger partial charge in [0, 0.05) is 23.7 Å². The molecule has 2 N–H and O–H groups in total. The van der Waals surface area contributed by atoms with Gasteiger partial charge in [0.15, 0.2) is 9.84 Å². The average molecular weight is 651 g/mol. The lowest BCUT2D eigenvalue weighted by molar-refractivity contribution is -0.187. The van der Waals surface area contributed by atoms with Gasteiger partial charge in [-0.2, -0.15) is 12.8 Å². The Balaban J connectivity index is 2.34. The average Bonchev–Trinajstić information content (AvgIpc) is 3.38. The van der Waals surface area contributed by atoms with Crippen molar-refractivity contribution in [3.63, 3.8) is 0 Å². The second-order valence-electron chi connectivity index (χ2n) is 11.5. The highest BCUT2D eigenvalue weighted by Gasteiger charge is 2.44. The van der Waals surface area contributed by atoms with E-state index in [-0.39, 0.29) is 20.9 Å². The number of ether oxygens (including phenoxy) is 2. The largest absolute Gasteiger partial charge is 0.458 e. The van der Waals surface area contributed by atoms with Gasteiger partial charge in [-0.15, -0.1) is 11.3 Å². The molecule has 0 fully saturated rings. The Kier molecular flexibility index (Phi) is 12.0. The topological polar surface area (TPSA) is 165 Å². The molecule has 7 atom stereocenters. The maximum absolute atomic E-state index is 13.3. The zero-order valence-corrected chi connectivity index (χ0v) is 28.4. The van der Waals surface area contributed by atoms with Crippen molar-refractivity contribution in [3.05, 3.63) is 11.6 Å². The van der Waals surface area contributed by atoms with Gasteiger partial charge in [0.1, 0.15) is 25.7 Å². The molecule has 2 rings (SSSR count). The number of thiophene rings is 1. The highest BCUT2D eigenvalue weighted by Crippen LogP contribution is 2.43. The van der Waals surface area contributed by atoms with Crippen LogP contribution in [0.1, 0.15) is 99.6 Å².